The van der Waals surface area contributed by atoms with Crippen LogP contribution in [0.3, 0.4) is 0 Å². The van der Waals surface area contributed by atoms with Gasteiger partial charge in [-0.15, -0.1) is 0 Å². The second-order valence-corrected chi connectivity index (χ2v) is 10.7. The first-order chi connectivity index (χ1) is 19.3. The van der Waals surface area contributed by atoms with Gasteiger partial charge in [-0.1, -0.05) is 109 Å². The Balaban J connectivity index is 1.39. The van der Waals surface area contributed by atoms with Crippen molar-refractivity contribution in [3.05, 3.63) is 150 Å². The molecule has 0 saturated carbocycles. The van der Waals surface area contributed by atoms with E-state index in [4.69, 9.17) is 10.2 Å². The molecular weight excluding hydrogens is 474 g/mol. The molecule has 2 heteroatoms. The van der Waals surface area contributed by atoms with E-state index in [1.165, 1.54) is 44.5 Å². The summed E-state index contributed by atoms with van der Waals surface area (Å²) in [7, 11) is 0. The Morgan fingerprint density at radius 3 is 1.67 bits per heavy atom. The van der Waals surface area contributed by atoms with Crippen molar-refractivity contribution in [1.82, 2.24) is 0 Å². The summed E-state index contributed by atoms with van der Waals surface area (Å²) in [4.78, 5) is 0. The third kappa shape index (κ3) is 2.47. The first-order valence-corrected chi connectivity index (χ1v) is 13.4. The van der Waals surface area contributed by atoms with Crippen LogP contribution in [0.2, 0.25) is 0 Å². The summed E-state index contributed by atoms with van der Waals surface area (Å²) in [5, 5.41) is 2.23. The number of hydrogen-bond donors (Lipinski definition) is 1. The molecule has 6 aromatic carbocycles. The van der Waals surface area contributed by atoms with Crippen LogP contribution in [0.5, 0.6) is 0 Å². The highest BCUT2D eigenvalue weighted by Crippen LogP contribution is 2.63. The Hall–Kier alpha value is -5.08. The Morgan fingerprint density at radius 2 is 0.974 bits per heavy atom. The summed E-state index contributed by atoms with van der Waals surface area (Å²) in [6, 6.07) is 45.6. The summed E-state index contributed by atoms with van der Waals surface area (Å²) in [6.45, 7) is 0. The molecule has 1 spiro atoms. The van der Waals surface area contributed by atoms with Gasteiger partial charge in [-0.3, -0.25) is 0 Å². The molecule has 1 aromatic heterocycles. The molecule has 0 saturated heterocycles. The standard InChI is InChI=1S/C37H23NO/c38-34-21-33-28(20-29(34)27-15-9-14-26-25-13-4-8-19-35(25)39-36(26)27)24-12-3-7-18-32(24)37(33)30-16-5-1-10-22(30)23-11-2-6-17-31(23)37/h1-21H,38H2. The van der Waals surface area contributed by atoms with E-state index in [0.717, 1.165) is 38.8 Å². The average Bonchev–Trinajstić information content (AvgIpc) is 3.61. The first-order valence-electron chi connectivity index (χ1n) is 13.4. The number of para-hydroxylation sites is 2. The van der Waals surface area contributed by atoms with Crippen LogP contribution in [0.25, 0.3) is 55.3 Å². The van der Waals surface area contributed by atoms with Gasteiger partial charge in [-0.05, 0) is 62.7 Å². The zero-order valence-corrected chi connectivity index (χ0v) is 21.1. The largest absolute Gasteiger partial charge is 0.455 e. The zero-order chi connectivity index (χ0) is 25.7. The van der Waals surface area contributed by atoms with Crippen molar-refractivity contribution < 1.29 is 4.42 Å². The molecule has 1 heterocycles. The summed E-state index contributed by atoms with van der Waals surface area (Å²) in [5.41, 5.74) is 21.5. The van der Waals surface area contributed by atoms with Gasteiger partial charge in [0.2, 0.25) is 0 Å². The fourth-order valence-electron chi connectivity index (χ4n) is 7.35. The highest BCUT2D eigenvalue weighted by molar-refractivity contribution is 6.11. The molecule has 9 rings (SSSR count). The van der Waals surface area contributed by atoms with Gasteiger partial charge in [0.1, 0.15) is 11.2 Å². The molecule has 0 amide bonds. The quantitative estimate of drug-likeness (QED) is 0.230. The van der Waals surface area contributed by atoms with Gasteiger partial charge in [-0.25, -0.2) is 0 Å². The van der Waals surface area contributed by atoms with Crippen molar-refractivity contribution in [1.29, 1.82) is 0 Å². The van der Waals surface area contributed by atoms with Crippen LogP contribution in [0.15, 0.2) is 132 Å². The highest BCUT2D eigenvalue weighted by Gasteiger charge is 2.51. The van der Waals surface area contributed by atoms with Crippen molar-refractivity contribution in [2.24, 2.45) is 0 Å². The predicted octanol–water partition coefficient (Wildman–Crippen LogP) is 9.18. The second kappa shape index (κ2) is 7.27. The van der Waals surface area contributed by atoms with E-state index in [1.807, 2.05) is 12.1 Å². The molecule has 0 aliphatic heterocycles. The number of benzene rings is 6. The van der Waals surface area contributed by atoms with Crippen molar-refractivity contribution in [2.75, 3.05) is 5.73 Å². The predicted molar refractivity (Wildman–Crippen MR) is 160 cm³/mol. The third-order valence-corrected chi connectivity index (χ3v) is 8.86. The maximum atomic E-state index is 6.99. The number of fused-ring (bicyclic) bond motifs is 13. The third-order valence-electron chi connectivity index (χ3n) is 8.86. The lowest BCUT2D eigenvalue weighted by molar-refractivity contribution is 0.670. The van der Waals surface area contributed by atoms with E-state index in [-0.39, 0.29) is 0 Å². The summed E-state index contributed by atoms with van der Waals surface area (Å²) in [5.74, 6) is 0. The van der Waals surface area contributed by atoms with Gasteiger partial charge in [0, 0.05) is 27.6 Å². The van der Waals surface area contributed by atoms with Crippen LogP contribution in [-0.4, -0.2) is 0 Å². The zero-order valence-electron chi connectivity index (χ0n) is 21.1. The summed E-state index contributed by atoms with van der Waals surface area (Å²) in [6.07, 6.45) is 0. The van der Waals surface area contributed by atoms with Gasteiger partial charge in [0.15, 0.2) is 0 Å². The molecule has 2 nitrogen and oxygen atoms in total. The molecule has 0 atom stereocenters. The minimum atomic E-state index is -0.392. The molecule has 2 aliphatic carbocycles. The van der Waals surface area contributed by atoms with Crippen LogP contribution in [0.1, 0.15) is 22.3 Å². The highest BCUT2D eigenvalue weighted by atomic mass is 16.3. The molecular formula is C37H23NO. The van der Waals surface area contributed by atoms with Crippen molar-refractivity contribution in [3.63, 3.8) is 0 Å². The SMILES string of the molecule is Nc1cc2c(cc1-c1cccc3c1oc1ccccc13)-c1ccccc1C21c2ccccc2-c2ccccc21. The summed E-state index contributed by atoms with van der Waals surface area (Å²) < 4.78 is 6.41. The minimum absolute atomic E-state index is 0.392. The molecule has 182 valence electrons. The van der Waals surface area contributed by atoms with E-state index >= 15 is 0 Å². The maximum absolute atomic E-state index is 6.99. The maximum Gasteiger partial charge on any atom is 0.143 e. The molecule has 0 fully saturated rings. The Morgan fingerprint density at radius 1 is 0.436 bits per heavy atom. The van der Waals surface area contributed by atoms with Gasteiger partial charge in [0.25, 0.3) is 0 Å². The minimum Gasteiger partial charge on any atom is -0.455 e. The fourth-order valence-corrected chi connectivity index (χ4v) is 7.35. The molecule has 0 radical (unpaired) electrons. The Bertz CT molecular complexity index is 2100. The number of hydrogen-bond acceptors (Lipinski definition) is 2. The summed E-state index contributed by atoms with van der Waals surface area (Å²) >= 11 is 0. The number of furan rings is 1. The van der Waals surface area contributed by atoms with Crippen molar-refractivity contribution in [2.45, 2.75) is 5.41 Å². The van der Waals surface area contributed by atoms with Gasteiger partial charge in [0.05, 0.1) is 5.41 Å². The van der Waals surface area contributed by atoms with Crippen LogP contribution < -0.4 is 5.73 Å². The van der Waals surface area contributed by atoms with Crippen molar-refractivity contribution in [3.8, 4) is 33.4 Å². The van der Waals surface area contributed by atoms with Crippen LogP contribution >= 0.6 is 0 Å². The fraction of sp³-hybridized carbons (Fsp3) is 0.0270. The molecule has 0 bridgehead atoms. The smallest absolute Gasteiger partial charge is 0.143 e. The molecule has 0 unspecified atom stereocenters. The van der Waals surface area contributed by atoms with Crippen LogP contribution in [0, 0.1) is 0 Å². The number of rotatable bonds is 1. The lowest BCUT2D eigenvalue weighted by atomic mass is 9.70. The Kier molecular flexibility index (Phi) is 3.90. The molecule has 2 aliphatic rings. The first kappa shape index (κ1) is 20.9. The average molecular weight is 498 g/mol. The normalized spacial score (nSPS) is 13.9. The van der Waals surface area contributed by atoms with E-state index in [2.05, 4.69) is 115 Å². The molecule has 39 heavy (non-hydrogen) atoms. The number of nitrogen functional groups attached to an aromatic ring is 1. The molecule has 7 aromatic rings. The Labute approximate surface area is 226 Å². The van der Waals surface area contributed by atoms with Gasteiger partial charge < -0.3 is 10.2 Å². The van der Waals surface area contributed by atoms with Crippen LogP contribution in [0.4, 0.5) is 5.69 Å². The lowest BCUT2D eigenvalue weighted by Gasteiger charge is -2.30. The van der Waals surface area contributed by atoms with E-state index in [1.54, 1.807) is 0 Å². The van der Waals surface area contributed by atoms with Gasteiger partial charge >= 0.3 is 0 Å². The van der Waals surface area contributed by atoms with Gasteiger partial charge in [-0.2, -0.15) is 0 Å². The topological polar surface area (TPSA) is 39.2 Å². The number of nitrogens with two attached hydrogens (primary N) is 1. The van der Waals surface area contributed by atoms with E-state index in [9.17, 15) is 0 Å². The van der Waals surface area contributed by atoms with E-state index < -0.39 is 5.41 Å². The monoisotopic (exact) mass is 497 g/mol. The van der Waals surface area contributed by atoms with E-state index in [0.29, 0.717) is 0 Å². The second-order valence-electron chi connectivity index (χ2n) is 10.7. The molecule has 2 N–H and O–H groups in total. The van der Waals surface area contributed by atoms with Crippen molar-refractivity contribution >= 4 is 27.6 Å². The lowest BCUT2D eigenvalue weighted by Crippen LogP contribution is -2.26. The van der Waals surface area contributed by atoms with Crippen LogP contribution in [-0.2, 0) is 5.41 Å². The number of anilines is 1.